The molecule has 1 N–H and O–H groups in total. The molecule has 78 valence electrons. The molecule has 0 rings (SSSR count). The molecular formula is C7H14NNaO4S. The van der Waals surface area contributed by atoms with E-state index in [9.17, 15) is 13.2 Å². The Labute approximate surface area is 106 Å². The molecule has 0 bridgehead atoms. The summed E-state index contributed by atoms with van der Waals surface area (Å²) in [4.78, 5) is 10.0. The first-order valence-corrected chi connectivity index (χ1v) is 5.26. The zero-order valence-corrected chi connectivity index (χ0v) is 8.43. The van der Waals surface area contributed by atoms with Gasteiger partial charge in [-0.25, -0.2) is 5.48 Å². The fourth-order valence-electron chi connectivity index (χ4n) is 0.583. The first-order chi connectivity index (χ1) is 5.87. The van der Waals surface area contributed by atoms with Crippen LogP contribution in [0.3, 0.4) is 0 Å². The summed E-state index contributed by atoms with van der Waals surface area (Å²) in [6, 6.07) is 0. The number of hydrogen-bond donors (Lipinski definition) is 1. The Hall–Kier alpha value is 0.120. The van der Waals surface area contributed by atoms with E-state index in [-0.39, 0.29) is 46.9 Å². The summed E-state index contributed by atoms with van der Waals surface area (Å²) >= 11 is 0. The molecule has 5 nitrogen and oxygen atoms in total. The van der Waals surface area contributed by atoms with Gasteiger partial charge in [0, 0.05) is 0 Å². The molecular weight excluding hydrogens is 217 g/mol. The number of nitrogens with one attached hydrogen (secondary N) is 1. The molecule has 14 heavy (non-hydrogen) atoms. The van der Waals surface area contributed by atoms with E-state index in [1.165, 1.54) is 0 Å². The van der Waals surface area contributed by atoms with E-state index in [4.69, 9.17) is 0 Å². The zero-order chi connectivity index (χ0) is 10.5. The quantitative estimate of drug-likeness (QED) is 0.290. The van der Waals surface area contributed by atoms with Crippen LogP contribution in [0.15, 0.2) is 12.3 Å². The number of rotatable bonds is 6. The molecule has 0 fully saturated rings. The molecule has 0 aliphatic rings. The van der Waals surface area contributed by atoms with Gasteiger partial charge in [0.1, 0.15) is 0 Å². The molecule has 7 heteroatoms. The van der Waals surface area contributed by atoms with Gasteiger partial charge in [0.05, 0.1) is 11.4 Å². The van der Waals surface area contributed by atoms with Gasteiger partial charge in [-0.15, -0.1) is 0 Å². The van der Waals surface area contributed by atoms with Crippen LogP contribution in [0.1, 0.15) is 13.8 Å². The molecule has 0 aromatic heterocycles. The first-order valence-electron chi connectivity index (χ1n) is 3.68. The van der Waals surface area contributed by atoms with Crippen LogP contribution >= 0.6 is 0 Å². The van der Waals surface area contributed by atoms with Crippen molar-refractivity contribution in [2.75, 3.05) is 5.75 Å². The van der Waals surface area contributed by atoms with Crippen molar-refractivity contribution in [1.82, 2.24) is 5.48 Å². The Morgan fingerprint density at radius 3 is 2.43 bits per heavy atom. The summed E-state index contributed by atoms with van der Waals surface area (Å²) in [5.41, 5.74) is 1.80. The van der Waals surface area contributed by atoms with Gasteiger partial charge < -0.3 is 0 Å². The predicted octanol–water partition coefficient (Wildman–Crippen LogP) is -0.443. The van der Waals surface area contributed by atoms with E-state index in [1.54, 1.807) is 13.8 Å². The molecule has 0 saturated heterocycles. The summed E-state index contributed by atoms with van der Waals surface area (Å²) in [6.07, 6.45) is 0.366. The van der Waals surface area contributed by atoms with E-state index in [0.717, 1.165) is 0 Å². The monoisotopic (exact) mass is 231 g/mol. The van der Waals surface area contributed by atoms with E-state index in [1.807, 2.05) is 5.48 Å². The van der Waals surface area contributed by atoms with Crippen molar-refractivity contribution in [2.45, 2.75) is 13.8 Å². The van der Waals surface area contributed by atoms with Crippen LogP contribution in [0.25, 0.3) is 0 Å². The van der Waals surface area contributed by atoms with Crippen LogP contribution in [0.5, 0.6) is 0 Å². The Morgan fingerprint density at radius 1 is 1.57 bits per heavy atom. The molecule has 0 aromatic carbocycles. The topological polar surface area (TPSA) is 72.5 Å². The Kier molecular flexibility index (Phi) is 8.77. The molecule has 0 unspecified atom stereocenters. The van der Waals surface area contributed by atoms with Gasteiger partial charge >= 0.3 is 29.6 Å². The second kappa shape index (κ2) is 7.42. The Bertz CT molecular complexity index is 286. The fourth-order valence-corrected chi connectivity index (χ4v) is 1.70. The molecule has 0 saturated carbocycles. The van der Waals surface area contributed by atoms with Gasteiger partial charge in [-0.05, 0) is 5.92 Å². The number of carbonyl (C=O) groups excluding carboxylic acids is 1. The van der Waals surface area contributed by atoms with Crippen LogP contribution in [-0.4, -0.2) is 50.0 Å². The van der Waals surface area contributed by atoms with Gasteiger partial charge in [-0.2, -0.15) is 12.7 Å². The zero-order valence-electron chi connectivity index (χ0n) is 7.61. The third-order valence-electron chi connectivity index (χ3n) is 0.979. The van der Waals surface area contributed by atoms with Gasteiger partial charge in [-0.1, -0.05) is 20.4 Å². The number of hydroxylamine groups is 1. The third kappa shape index (κ3) is 8.71. The summed E-state index contributed by atoms with van der Waals surface area (Å²) in [6.45, 7) is 6.68. The van der Waals surface area contributed by atoms with Crippen LogP contribution in [0.4, 0.5) is 0 Å². The molecule has 0 heterocycles. The molecule has 0 amide bonds. The van der Waals surface area contributed by atoms with Crippen molar-refractivity contribution in [3.8, 4) is 0 Å². The Morgan fingerprint density at radius 2 is 2.07 bits per heavy atom. The minimum atomic E-state index is -3.62. The van der Waals surface area contributed by atoms with Crippen molar-refractivity contribution in [2.24, 2.45) is 5.92 Å². The number of allylic oxidation sites excluding steroid dienone is 1. The van der Waals surface area contributed by atoms with Gasteiger partial charge in [0.25, 0.3) is 10.1 Å². The molecule has 0 aliphatic heterocycles. The molecule has 0 radical (unpaired) electrons. The Balaban J connectivity index is 0. The van der Waals surface area contributed by atoms with Crippen molar-refractivity contribution in [1.29, 1.82) is 0 Å². The second-order valence-corrected chi connectivity index (χ2v) is 4.56. The number of aldehydes is 1. The maximum absolute atomic E-state index is 11.0. The van der Waals surface area contributed by atoms with E-state index < -0.39 is 10.1 Å². The summed E-state index contributed by atoms with van der Waals surface area (Å²) < 4.78 is 26.3. The maximum atomic E-state index is 11.0. The van der Waals surface area contributed by atoms with E-state index in [0.29, 0.717) is 6.29 Å². The summed E-state index contributed by atoms with van der Waals surface area (Å²) in [5.74, 6) is -0.136. The third-order valence-corrected chi connectivity index (χ3v) is 2.39. The van der Waals surface area contributed by atoms with E-state index >= 15 is 0 Å². The van der Waals surface area contributed by atoms with Crippen molar-refractivity contribution in [3.63, 3.8) is 0 Å². The molecule has 0 atom stereocenters. The van der Waals surface area contributed by atoms with E-state index in [2.05, 4.69) is 10.9 Å². The minimum absolute atomic E-state index is 0. The van der Waals surface area contributed by atoms with Crippen LogP contribution in [0.2, 0.25) is 0 Å². The van der Waals surface area contributed by atoms with Crippen molar-refractivity contribution in [3.05, 3.63) is 12.3 Å². The molecule has 0 spiro atoms. The van der Waals surface area contributed by atoms with Crippen molar-refractivity contribution < 1.29 is 17.5 Å². The van der Waals surface area contributed by atoms with Gasteiger partial charge in [-0.3, -0.25) is 4.79 Å². The normalized spacial score (nSPS) is 10.5. The standard InChI is InChI=1S/C7H13NO4S.Na.H/c1-6(2)5-13(10,11)12-8-7(3)4-9;;/h4,6,8H,3,5H2,1-2H3;;. The van der Waals surface area contributed by atoms with Gasteiger partial charge in [0.15, 0.2) is 6.29 Å². The van der Waals surface area contributed by atoms with Crippen molar-refractivity contribution >= 4 is 46.0 Å². The number of carbonyl (C=O) groups is 1. The SMILES string of the molecule is C=C(C=O)NOS(=O)(=O)CC(C)C.[NaH]. The molecule has 0 aliphatic carbocycles. The van der Waals surface area contributed by atoms with Crippen LogP contribution in [-0.2, 0) is 19.2 Å². The van der Waals surface area contributed by atoms with Gasteiger partial charge in [0.2, 0.25) is 0 Å². The average molecular weight is 231 g/mol. The summed E-state index contributed by atoms with van der Waals surface area (Å²) in [5, 5.41) is 0. The predicted molar refractivity (Wildman–Crippen MR) is 55.2 cm³/mol. The first kappa shape index (κ1) is 16.5. The fraction of sp³-hybridized carbons (Fsp3) is 0.571. The average Bonchev–Trinajstić information content (AvgIpc) is 1.98. The molecule has 0 aromatic rings. The summed E-state index contributed by atoms with van der Waals surface area (Å²) in [7, 11) is -3.62. The van der Waals surface area contributed by atoms with Crippen LogP contribution < -0.4 is 5.48 Å². The van der Waals surface area contributed by atoms with Crippen LogP contribution in [0, 0.1) is 5.92 Å². The second-order valence-electron chi connectivity index (χ2n) is 2.95. The number of hydrogen-bond acceptors (Lipinski definition) is 5.